The Bertz CT molecular complexity index is 759. The zero-order valence-electron chi connectivity index (χ0n) is 15.4. The maximum absolute atomic E-state index is 12.4. The van der Waals surface area contributed by atoms with Crippen LogP contribution in [-0.2, 0) is 5.41 Å². The Kier molecular flexibility index (Phi) is 5.57. The van der Waals surface area contributed by atoms with Crippen LogP contribution in [0.5, 0.6) is 0 Å². The Labute approximate surface area is 148 Å². The van der Waals surface area contributed by atoms with E-state index in [-0.39, 0.29) is 23.3 Å². The number of nitrogens with zero attached hydrogens (tertiary/aromatic N) is 1. The summed E-state index contributed by atoms with van der Waals surface area (Å²) in [4.78, 5) is 28.4. The molecule has 1 aromatic carbocycles. The first-order valence-corrected chi connectivity index (χ1v) is 8.34. The molecule has 0 atom stereocenters. The van der Waals surface area contributed by atoms with E-state index < -0.39 is 0 Å². The minimum atomic E-state index is -0.296. The Morgan fingerprint density at radius 3 is 2.04 bits per heavy atom. The largest absolute Gasteiger partial charge is 0.350 e. The predicted molar refractivity (Wildman–Crippen MR) is 99.9 cm³/mol. The summed E-state index contributed by atoms with van der Waals surface area (Å²) in [6.45, 7) is 10.2. The topological polar surface area (TPSA) is 71.1 Å². The van der Waals surface area contributed by atoms with Gasteiger partial charge in [0.05, 0.1) is 11.1 Å². The van der Waals surface area contributed by atoms with Gasteiger partial charge in [-0.1, -0.05) is 32.9 Å². The van der Waals surface area contributed by atoms with Gasteiger partial charge in [0.15, 0.2) is 0 Å². The number of rotatable bonds is 4. The third kappa shape index (κ3) is 5.14. The Hall–Kier alpha value is -2.69. The summed E-state index contributed by atoms with van der Waals surface area (Å²) in [6.07, 6.45) is 2.90. The summed E-state index contributed by atoms with van der Waals surface area (Å²) in [6, 6.07) is 9.32. The summed E-state index contributed by atoms with van der Waals surface area (Å²) in [7, 11) is 0. The fourth-order valence-electron chi connectivity index (χ4n) is 2.29. The standard InChI is InChI=1S/C20H25N3O2/c1-13(2)22-18(24)14-10-15(12-21-11-14)19(25)23-17-8-6-16(7-9-17)20(3,4)5/h6-13H,1-5H3,(H,22,24)(H,23,25). The molecule has 0 aliphatic carbocycles. The maximum atomic E-state index is 12.4. The van der Waals surface area contributed by atoms with Crippen LogP contribution >= 0.6 is 0 Å². The third-order valence-corrected chi connectivity index (χ3v) is 3.69. The SMILES string of the molecule is CC(C)NC(=O)c1cncc(C(=O)Nc2ccc(C(C)(C)C)cc2)c1. The molecule has 0 aliphatic rings. The first-order chi connectivity index (χ1) is 11.7. The second kappa shape index (κ2) is 7.47. The zero-order valence-corrected chi connectivity index (χ0v) is 15.4. The number of pyridine rings is 1. The molecule has 1 heterocycles. The van der Waals surface area contributed by atoms with Gasteiger partial charge in [0.25, 0.3) is 11.8 Å². The summed E-state index contributed by atoms with van der Waals surface area (Å²) < 4.78 is 0. The van der Waals surface area contributed by atoms with E-state index in [1.807, 2.05) is 38.1 Å². The minimum absolute atomic E-state index is 0.0197. The molecule has 2 amide bonds. The lowest BCUT2D eigenvalue weighted by atomic mass is 9.87. The van der Waals surface area contributed by atoms with Crippen LogP contribution in [0.1, 0.15) is 60.9 Å². The van der Waals surface area contributed by atoms with E-state index in [1.54, 1.807) is 6.07 Å². The monoisotopic (exact) mass is 339 g/mol. The number of benzene rings is 1. The van der Waals surface area contributed by atoms with E-state index >= 15 is 0 Å². The van der Waals surface area contributed by atoms with Crippen molar-refractivity contribution in [3.8, 4) is 0 Å². The van der Waals surface area contributed by atoms with Crippen LogP contribution in [-0.4, -0.2) is 22.8 Å². The van der Waals surface area contributed by atoms with Crippen molar-refractivity contribution in [2.24, 2.45) is 0 Å². The molecular weight excluding hydrogens is 314 g/mol. The van der Waals surface area contributed by atoms with Crippen LogP contribution in [0.3, 0.4) is 0 Å². The van der Waals surface area contributed by atoms with Crippen LogP contribution in [0, 0.1) is 0 Å². The lowest BCUT2D eigenvalue weighted by molar-refractivity contribution is 0.0942. The molecule has 5 nitrogen and oxygen atoms in total. The van der Waals surface area contributed by atoms with Gasteiger partial charge < -0.3 is 10.6 Å². The molecular formula is C20H25N3O2. The van der Waals surface area contributed by atoms with Crippen molar-refractivity contribution >= 4 is 17.5 Å². The van der Waals surface area contributed by atoms with Gasteiger partial charge in [-0.3, -0.25) is 14.6 Å². The third-order valence-electron chi connectivity index (χ3n) is 3.69. The molecule has 25 heavy (non-hydrogen) atoms. The molecule has 0 fully saturated rings. The van der Waals surface area contributed by atoms with Crippen molar-refractivity contribution in [2.75, 3.05) is 5.32 Å². The van der Waals surface area contributed by atoms with Crippen molar-refractivity contribution in [1.82, 2.24) is 10.3 Å². The molecule has 2 rings (SSSR count). The average molecular weight is 339 g/mol. The molecule has 0 radical (unpaired) electrons. The minimum Gasteiger partial charge on any atom is -0.350 e. The van der Waals surface area contributed by atoms with Crippen molar-refractivity contribution in [1.29, 1.82) is 0 Å². The lowest BCUT2D eigenvalue weighted by Gasteiger charge is -2.19. The molecule has 132 valence electrons. The summed E-state index contributed by atoms with van der Waals surface area (Å²) >= 11 is 0. The molecule has 0 aliphatic heterocycles. The van der Waals surface area contributed by atoms with Gasteiger partial charge in [0.1, 0.15) is 0 Å². The van der Waals surface area contributed by atoms with Crippen LogP contribution in [0.25, 0.3) is 0 Å². The molecule has 1 aromatic heterocycles. The highest BCUT2D eigenvalue weighted by atomic mass is 16.2. The summed E-state index contributed by atoms with van der Waals surface area (Å²) in [5.74, 6) is -0.540. The van der Waals surface area contributed by atoms with Crippen LogP contribution in [0.4, 0.5) is 5.69 Å². The second-order valence-electron chi connectivity index (χ2n) is 7.37. The summed E-state index contributed by atoms with van der Waals surface area (Å²) in [5.41, 5.74) is 2.67. The number of carbonyl (C=O) groups is 2. The fraction of sp³-hybridized carbons (Fsp3) is 0.350. The molecule has 0 saturated heterocycles. The van der Waals surface area contributed by atoms with Crippen molar-refractivity contribution < 1.29 is 9.59 Å². The van der Waals surface area contributed by atoms with E-state index in [4.69, 9.17) is 0 Å². The first-order valence-electron chi connectivity index (χ1n) is 8.34. The predicted octanol–water partition coefficient (Wildman–Crippen LogP) is 3.77. The van der Waals surface area contributed by atoms with Crippen LogP contribution in [0.15, 0.2) is 42.7 Å². The molecule has 0 unspecified atom stereocenters. The van der Waals surface area contributed by atoms with Gasteiger partial charge in [0, 0.05) is 24.1 Å². The second-order valence-corrected chi connectivity index (χ2v) is 7.37. The number of hydrogen-bond acceptors (Lipinski definition) is 3. The van der Waals surface area contributed by atoms with E-state index in [2.05, 4.69) is 36.4 Å². The number of nitrogens with one attached hydrogen (secondary N) is 2. The number of aromatic nitrogens is 1. The van der Waals surface area contributed by atoms with Crippen LogP contribution in [0.2, 0.25) is 0 Å². The summed E-state index contributed by atoms with van der Waals surface area (Å²) in [5, 5.41) is 5.62. The van der Waals surface area contributed by atoms with Crippen LogP contribution < -0.4 is 10.6 Å². The van der Waals surface area contributed by atoms with Gasteiger partial charge in [-0.25, -0.2) is 0 Å². The molecule has 0 bridgehead atoms. The van der Waals surface area contributed by atoms with E-state index in [0.29, 0.717) is 16.8 Å². The van der Waals surface area contributed by atoms with E-state index in [0.717, 1.165) is 0 Å². The highest BCUT2D eigenvalue weighted by Gasteiger charge is 2.15. The molecule has 0 spiro atoms. The van der Waals surface area contributed by atoms with Gasteiger partial charge in [-0.2, -0.15) is 0 Å². The molecule has 2 aromatic rings. The van der Waals surface area contributed by atoms with Gasteiger partial charge in [-0.15, -0.1) is 0 Å². The molecule has 5 heteroatoms. The zero-order chi connectivity index (χ0) is 18.6. The number of hydrogen-bond donors (Lipinski definition) is 2. The number of carbonyl (C=O) groups excluding carboxylic acids is 2. The molecule has 0 saturated carbocycles. The highest BCUT2D eigenvalue weighted by molar-refractivity contribution is 6.05. The quantitative estimate of drug-likeness (QED) is 0.891. The maximum Gasteiger partial charge on any atom is 0.257 e. The smallest absolute Gasteiger partial charge is 0.257 e. The van der Waals surface area contributed by atoms with Crippen molar-refractivity contribution in [3.63, 3.8) is 0 Å². The van der Waals surface area contributed by atoms with Gasteiger partial charge in [0.2, 0.25) is 0 Å². The highest BCUT2D eigenvalue weighted by Crippen LogP contribution is 2.23. The van der Waals surface area contributed by atoms with E-state index in [1.165, 1.54) is 18.0 Å². The van der Waals surface area contributed by atoms with Gasteiger partial charge >= 0.3 is 0 Å². The number of amides is 2. The first kappa shape index (κ1) is 18.6. The fourth-order valence-corrected chi connectivity index (χ4v) is 2.29. The normalized spacial score (nSPS) is 11.3. The number of anilines is 1. The van der Waals surface area contributed by atoms with E-state index in [9.17, 15) is 9.59 Å². The average Bonchev–Trinajstić information content (AvgIpc) is 2.54. The van der Waals surface area contributed by atoms with Gasteiger partial charge in [-0.05, 0) is 43.0 Å². The Morgan fingerprint density at radius 2 is 1.52 bits per heavy atom. The Balaban J connectivity index is 2.12. The molecule has 2 N–H and O–H groups in total. The van der Waals surface area contributed by atoms with Crippen molar-refractivity contribution in [3.05, 3.63) is 59.4 Å². The Morgan fingerprint density at radius 1 is 0.960 bits per heavy atom. The lowest BCUT2D eigenvalue weighted by Crippen LogP contribution is -2.30. The van der Waals surface area contributed by atoms with Crippen molar-refractivity contribution in [2.45, 2.75) is 46.1 Å².